The molecule has 0 radical (unpaired) electrons. The van der Waals surface area contributed by atoms with E-state index in [0.29, 0.717) is 0 Å². The Hall–Kier alpha value is 0.217. The molecule has 0 aliphatic heterocycles. The van der Waals surface area contributed by atoms with Gasteiger partial charge in [-0.1, -0.05) is 44.8 Å². The van der Waals surface area contributed by atoms with E-state index in [0.717, 1.165) is 5.92 Å². The summed E-state index contributed by atoms with van der Waals surface area (Å²) in [5.41, 5.74) is 0. The second kappa shape index (κ2) is 3.40. The normalized spacial score (nSPS) is 21.7. The zero-order valence-corrected chi connectivity index (χ0v) is 7.84. The lowest BCUT2D eigenvalue weighted by atomic mass is 10.1. The molecule has 1 aliphatic rings. The van der Waals surface area contributed by atoms with Crippen molar-refractivity contribution in [2.75, 3.05) is 0 Å². The molecule has 0 atom stereocenters. The molecule has 0 amide bonds. The molecule has 0 saturated heterocycles. The first-order chi connectivity index (χ1) is 4.29. The average molecular weight is 142 g/mol. The lowest BCUT2D eigenvalue weighted by Gasteiger charge is -2.09. The van der Waals surface area contributed by atoms with Crippen LogP contribution in [0.1, 0.15) is 25.7 Å². The molecule has 0 aromatic heterocycles. The predicted molar refractivity (Wildman–Crippen MR) is 45.6 cm³/mol. The van der Waals surface area contributed by atoms with Crippen LogP contribution in [0.5, 0.6) is 0 Å². The highest BCUT2D eigenvalue weighted by atomic mass is 28.3. The molecule has 0 nitrogen and oxygen atoms in total. The minimum Gasteiger partial charge on any atom is -0.0722 e. The molecule has 0 spiro atoms. The molecule has 0 aromatic rings. The van der Waals surface area contributed by atoms with E-state index < -0.39 is 0 Å². The van der Waals surface area contributed by atoms with Crippen molar-refractivity contribution in [3.05, 3.63) is 0 Å². The molecule has 1 aliphatic carbocycles. The van der Waals surface area contributed by atoms with E-state index in [1.54, 1.807) is 18.9 Å². The van der Waals surface area contributed by atoms with Crippen LogP contribution in [-0.2, 0) is 0 Å². The Balaban J connectivity index is 2.11. The number of hydrogen-bond donors (Lipinski definition) is 0. The maximum Gasteiger partial charge on any atom is 0.0308 e. The third-order valence-corrected chi connectivity index (χ3v) is 3.89. The minimum absolute atomic E-state index is 0.224. The van der Waals surface area contributed by atoms with Crippen molar-refractivity contribution in [2.24, 2.45) is 5.92 Å². The van der Waals surface area contributed by atoms with Crippen LogP contribution in [0.2, 0.25) is 19.1 Å². The van der Waals surface area contributed by atoms with Gasteiger partial charge in [-0.3, -0.25) is 0 Å². The Morgan fingerprint density at radius 3 is 2.22 bits per heavy atom. The summed E-state index contributed by atoms with van der Waals surface area (Å²) in [6.45, 7) is 4.94. The zero-order chi connectivity index (χ0) is 6.69. The van der Waals surface area contributed by atoms with Crippen molar-refractivity contribution >= 4 is 8.80 Å². The third kappa shape index (κ3) is 2.52. The summed E-state index contributed by atoms with van der Waals surface area (Å²) >= 11 is 0. The fourth-order valence-corrected chi connectivity index (χ4v) is 3.72. The number of hydrogen-bond acceptors (Lipinski definition) is 0. The van der Waals surface area contributed by atoms with E-state index in [9.17, 15) is 0 Å². The van der Waals surface area contributed by atoms with E-state index in [2.05, 4.69) is 13.1 Å². The average Bonchev–Trinajstić information content (AvgIpc) is 2.15. The van der Waals surface area contributed by atoms with Gasteiger partial charge >= 0.3 is 0 Å². The van der Waals surface area contributed by atoms with Gasteiger partial charge in [0.2, 0.25) is 0 Å². The first-order valence-electron chi connectivity index (χ1n) is 4.29. The Bertz CT molecular complexity index is 72.6. The molecule has 1 heteroatoms. The topological polar surface area (TPSA) is 0 Å². The van der Waals surface area contributed by atoms with Gasteiger partial charge in [0.15, 0.2) is 0 Å². The molecule has 0 unspecified atom stereocenters. The Morgan fingerprint density at radius 2 is 1.78 bits per heavy atom. The number of rotatable bonds is 2. The molecule has 9 heavy (non-hydrogen) atoms. The molecule has 1 rings (SSSR count). The maximum absolute atomic E-state index is 2.47. The van der Waals surface area contributed by atoms with Crippen LogP contribution in [-0.4, -0.2) is 8.80 Å². The molecular formula is C8H18Si. The standard InChI is InChI=1S/C8H18Si/c1-9(2)7-8-5-3-4-6-8/h8-9H,3-7H2,1-2H3. The lowest BCUT2D eigenvalue weighted by Crippen LogP contribution is -2.05. The van der Waals surface area contributed by atoms with E-state index >= 15 is 0 Å². The Morgan fingerprint density at radius 1 is 1.22 bits per heavy atom. The summed E-state index contributed by atoms with van der Waals surface area (Å²) in [4.78, 5) is 0. The molecule has 0 N–H and O–H groups in total. The van der Waals surface area contributed by atoms with Gasteiger partial charge in [0.25, 0.3) is 0 Å². The van der Waals surface area contributed by atoms with Crippen LogP contribution in [0.25, 0.3) is 0 Å². The first kappa shape index (κ1) is 7.33. The first-order valence-corrected chi connectivity index (χ1v) is 7.41. The summed E-state index contributed by atoms with van der Waals surface area (Å²) in [5.74, 6) is 1.15. The van der Waals surface area contributed by atoms with Crippen molar-refractivity contribution in [2.45, 2.75) is 44.8 Å². The summed E-state index contributed by atoms with van der Waals surface area (Å²) in [5, 5.41) is 0. The fraction of sp³-hybridized carbons (Fsp3) is 1.00. The summed E-state index contributed by atoms with van der Waals surface area (Å²) < 4.78 is 0. The summed E-state index contributed by atoms with van der Waals surface area (Å²) in [7, 11) is -0.224. The van der Waals surface area contributed by atoms with Gasteiger partial charge < -0.3 is 0 Å². The van der Waals surface area contributed by atoms with E-state index in [1.165, 1.54) is 12.8 Å². The summed E-state index contributed by atoms with van der Waals surface area (Å²) in [6.07, 6.45) is 6.13. The van der Waals surface area contributed by atoms with Gasteiger partial charge in [0, 0.05) is 8.80 Å². The van der Waals surface area contributed by atoms with Crippen LogP contribution >= 0.6 is 0 Å². The summed E-state index contributed by atoms with van der Waals surface area (Å²) in [6, 6.07) is 1.61. The highest BCUT2D eigenvalue weighted by Gasteiger charge is 2.15. The SMILES string of the molecule is C[SiH](C)CC1CCCC1. The van der Waals surface area contributed by atoms with Crippen LogP contribution < -0.4 is 0 Å². The minimum atomic E-state index is -0.224. The van der Waals surface area contributed by atoms with Gasteiger partial charge in [-0.05, 0) is 5.92 Å². The molecular weight excluding hydrogens is 124 g/mol. The van der Waals surface area contributed by atoms with Crippen molar-refractivity contribution < 1.29 is 0 Å². The van der Waals surface area contributed by atoms with Gasteiger partial charge in [0.05, 0.1) is 0 Å². The molecule has 0 aromatic carbocycles. The van der Waals surface area contributed by atoms with Crippen LogP contribution in [0.3, 0.4) is 0 Å². The molecule has 0 heterocycles. The molecule has 54 valence electrons. The quantitative estimate of drug-likeness (QED) is 0.520. The van der Waals surface area contributed by atoms with Crippen LogP contribution in [0.15, 0.2) is 0 Å². The second-order valence-electron chi connectivity index (χ2n) is 3.78. The van der Waals surface area contributed by atoms with Crippen molar-refractivity contribution in [1.29, 1.82) is 0 Å². The fourth-order valence-electron chi connectivity index (χ4n) is 1.91. The smallest absolute Gasteiger partial charge is 0.0308 e. The predicted octanol–water partition coefficient (Wildman–Crippen LogP) is 2.66. The third-order valence-electron chi connectivity index (χ3n) is 2.28. The van der Waals surface area contributed by atoms with Gasteiger partial charge in [-0.25, -0.2) is 0 Å². The Kier molecular flexibility index (Phi) is 2.77. The molecule has 1 saturated carbocycles. The lowest BCUT2D eigenvalue weighted by molar-refractivity contribution is 0.606. The zero-order valence-electron chi connectivity index (χ0n) is 6.69. The van der Waals surface area contributed by atoms with Gasteiger partial charge in [-0.15, -0.1) is 0 Å². The van der Waals surface area contributed by atoms with Crippen molar-refractivity contribution in [3.8, 4) is 0 Å². The molecule has 1 fully saturated rings. The van der Waals surface area contributed by atoms with E-state index in [1.807, 2.05) is 0 Å². The largest absolute Gasteiger partial charge is 0.0722 e. The van der Waals surface area contributed by atoms with Crippen LogP contribution in [0, 0.1) is 5.92 Å². The van der Waals surface area contributed by atoms with Crippen molar-refractivity contribution in [1.82, 2.24) is 0 Å². The molecule has 0 bridgehead atoms. The van der Waals surface area contributed by atoms with Gasteiger partial charge in [0.1, 0.15) is 0 Å². The van der Waals surface area contributed by atoms with E-state index in [-0.39, 0.29) is 8.80 Å². The van der Waals surface area contributed by atoms with Crippen LogP contribution in [0.4, 0.5) is 0 Å². The van der Waals surface area contributed by atoms with Gasteiger partial charge in [-0.2, -0.15) is 0 Å². The van der Waals surface area contributed by atoms with Crippen molar-refractivity contribution in [3.63, 3.8) is 0 Å². The monoisotopic (exact) mass is 142 g/mol. The maximum atomic E-state index is 2.47. The second-order valence-corrected chi connectivity index (χ2v) is 7.04. The Labute approximate surface area is 60.3 Å². The van der Waals surface area contributed by atoms with E-state index in [4.69, 9.17) is 0 Å². The highest BCUT2D eigenvalue weighted by Crippen LogP contribution is 2.28. The highest BCUT2D eigenvalue weighted by molar-refractivity contribution is 6.55.